The van der Waals surface area contributed by atoms with Crippen molar-refractivity contribution in [1.29, 1.82) is 0 Å². The minimum atomic E-state index is 0.627. The fourth-order valence-corrected chi connectivity index (χ4v) is 2.83. The summed E-state index contributed by atoms with van der Waals surface area (Å²) in [6.45, 7) is 2.28. The Labute approximate surface area is 111 Å². The van der Waals surface area contributed by atoms with Gasteiger partial charge in [-0.05, 0) is 59.3 Å². The Balaban J connectivity index is 1.97. The van der Waals surface area contributed by atoms with Gasteiger partial charge in [0.15, 0.2) is 0 Å². The molecule has 0 spiro atoms. The fraction of sp³-hybridized carbons (Fsp3) is 0.538. The van der Waals surface area contributed by atoms with Gasteiger partial charge >= 0.3 is 0 Å². The van der Waals surface area contributed by atoms with Crippen LogP contribution >= 0.6 is 27.5 Å². The molecule has 0 heterocycles. The lowest BCUT2D eigenvalue weighted by atomic mass is 10.1. The number of hydrogen-bond donors (Lipinski definition) is 1. The number of hydrogen-bond acceptors (Lipinski definition) is 1. The zero-order chi connectivity index (χ0) is 11.5. The van der Waals surface area contributed by atoms with E-state index in [0.717, 1.165) is 21.1 Å². The maximum absolute atomic E-state index is 6.07. The molecule has 0 saturated heterocycles. The third kappa shape index (κ3) is 2.92. The third-order valence-electron chi connectivity index (χ3n) is 3.41. The number of nitrogens with one attached hydrogen (secondary N) is 1. The number of halogens is 2. The van der Waals surface area contributed by atoms with E-state index in [-0.39, 0.29) is 0 Å². The van der Waals surface area contributed by atoms with Crippen molar-refractivity contribution in [1.82, 2.24) is 0 Å². The van der Waals surface area contributed by atoms with Crippen molar-refractivity contribution in [3.8, 4) is 0 Å². The Kier molecular flexibility index (Phi) is 4.15. The highest BCUT2D eigenvalue weighted by Gasteiger charge is 2.22. The summed E-state index contributed by atoms with van der Waals surface area (Å²) in [6.07, 6.45) is 5.24. The van der Waals surface area contributed by atoms with Crippen LogP contribution in [0.4, 0.5) is 5.69 Å². The molecule has 3 heteroatoms. The Morgan fingerprint density at radius 2 is 2.25 bits per heavy atom. The van der Waals surface area contributed by atoms with E-state index < -0.39 is 0 Å². The van der Waals surface area contributed by atoms with Gasteiger partial charge in [-0.15, -0.1) is 0 Å². The van der Waals surface area contributed by atoms with Gasteiger partial charge in [0, 0.05) is 16.2 Å². The highest BCUT2D eigenvalue weighted by Crippen LogP contribution is 2.31. The molecule has 1 nitrogen and oxygen atoms in total. The molecule has 1 aromatic rings. The molecule has 1 aliphatic carbocycles. The van der Waals surface area contributed by atoms with E-state index in [9.17, 15) is 0 Å². The lowest BCUT2D eigenvalue weighted by molar-refractivity contribution is 0.525. The summed E-state index contributed by atoms with van der Waals surface area (Å²) in [5.74, 6) is 0.906. The van der Waals surface area contributed by atoms with Gasteiger partial charge in [0.1, 0.15) is 0 Å². The first kappa shape index (κ1) is 12.3. The van der Waals surface area contributed by atoms with Crippen LogP contribution in [-0.4, -0.2) is 6.04 Å². The molecule has 1 aromatic carbocycles. The molecule has 2 rings (SSSR count). The van der Waals surface area contributed by atoms with Crippen molar-refractivity contribution in [2.24, 2.45) is 5.92 Å². The zero-order valence-corrected chi connectivity index (χ0v) is 11.8. The van der Waals surface area contributed by atoms with Crippen LogP contribution in [0.5, 0.6) is 0 Å². The van der Waals surface area contributed by atoms with Crippen molar-refractivity contribution >= 4 is 33.2 Å². The van der Waals surface area contributed by atoms with Gasteiger partial charge in [0.2, 0.25) is 0 Å². The van der Waals surface area contributed by atoms with Crippen LogP contribution in [0.2, 0.25) is 5.02 Å². The number of benzene rings is 1. The lowest BCUT2D eigenvalue weighted by Gasteiger charge is -2.14. The normalized spacial score (nSPS) is 24.7. The monoisotopic (exact) mass is 301 g/mol. The summed E-state index contributed by atoms with van der Waals surface area (Å²) in [4.78, 5) is 0. The van der Waals surface area contributed by atoms with Crippen LogP contribution in [-0.2, 0) is 0 Å². The number of anilines is 1. The van der Waals surface area contributed by atoms with E-state index in [4.69, 9.17) is 11.6 Å². The quantitative estimate of drug-likeness (QED) is 0.819. The van der Waals surface area contributed by atoms with Crippen LogP contribution < -0.4 is 5.32 Å². The van der Waals surface area contributed by atoms with Crippen LogP contribution in [0.1, 0.15) is 32.6 Å². The molecule has 1 N–H and O–H groups in total. The summed E-state index contributed by atoms with van der Waals surface area (Å²) in [6, 6.07) is 6.69. The van der Waals surface area contributed by atoms with E-state index in [2.05, 4.69) is 34.2 Å². The van der Waals surface area contributed by atoms with E-state index in [1.807, 2.05) is 12.1 Å². The van der Waals surface area contributed by atoms with Gasteiger partial charge in [-0.25, -0.2) is 0 Å². The van der Waals surface area contributed by atoms with E-state index in [1.54, 1.807) is 0 Å². The summed E-state index contributed by atoms with van der Waals surface area (Å²) in [5.41, 5.74) is 1.13. The second-order valence-electron chi connectivity index (χ2n) is 4.56. The van der Waals surface area contributed by atoms with Crippen LogP contribution in [0.3, 0.4) is 0 Å². The summed E-state index contributed by atoms with van der Waals surface area (Å²) in [5, 5.41) is 4.34. The minimum absolute atomic E-state index is 0.627. The molecular formula is C13H17BrClN. The van der Waals surface area contributed by atoms with Gasteiger partial charge < -0.3 is 5.32 Å². The zero-order valence-electron chi connectivity index (χ0n) is 9.47. The molecule has 1 aliphatic rings. The molecule has 0 aromatic heterocycles. The molecule has 0 amide bonds. The Morgan fingerprint density at radius 3 is 2.88 bits per heavy atom. The molecule has 1 fully saturated rings. The highest BCUT2D eigenvalue weighted by atomic mass is 79.9. The molecule has 0 aliphatic heterocycles. The molecule has 0 radical (unpaired) electrons. The minimum Gasteiger partial charge on any atom is -0.382 e. The lowest BCUT2D eigenvalue weighted by Crippen LogP contribution is -2.15. The second-order valence-corrected chi connectivity index (χ2v) is 5.82. The first-order valence-corrected chi connectivity index (χ1v) is 7.07. The predicted octanol–water partition coefficient (Wildman–Crippen LogP) is 5.09. The SMILES string of the molecule is CCC1CCC(Nc2ccc(Br)c(Cl)c2)C1. The summed E-state index contributed by atoms with van der Waals surface area (Å²) < 4.78 is 0.956. The molecule has 2 atom stereocenters. The molecule has 0 bridgehead atoms. The average Bonchev–Trinajstić information content (AvgIpc) is 2.71. The smallest absolute Gasteiger partial charge is 0.0568 e. The van der Waals surface area contributed by atoms with E-state index in [1.165, 1.54) is 25.7 Å². The second kappa shape index (κ2) is 5.42. The highest BCUT2D eigenvalue weighted by molar-refractivity contribution is 9.10. The average molecular weight is 303 g/mol. The van der Waals surface area contributed by atoms with E-state index in [0.29, 0.717) is 6.04 Å². The number of rotatable bonds is 3. The fourth-order valence-electron chi connectivity index (χ4n) is 2.40. The van der Waals surface area contributed by atoms with Crippen molar-refractivity contribution in [2.75, 3.05) is 5.32 Å². The van der Waals surface area contributed by atoms with Crippen molar-refractivity contribution < 1.29 is 0 Å². The van der Waals surface area contributed by atoms with Gasteiger partial charge in [-0.2, -0.15) is 0 Å². The van der Waals surface area contributed by atoms with Crippen molar-refractivity contribution in [3.05, 3.63) is 27.7 Å². The molecule has 88 valence electrons. The molecule has 1 saturated carbocycles. The third-order valence-corrected chi connectivity index (χ3v) is 4.64. The Bertz CT molecular complexity index is 367. The van der Waals surface area contributed by atoms with Gasteiger partial charge in [0.25, 0.3) is 0 Å². The summed E-state index contributed by atoms with van der Waals surface area (Å²) >= 11 is 9.47. The van der Waals surface area contributed by atoms with Crippen molar-refractivity contribution in [3.63, 3.8) is 0 Å². The maximum Gasteiger partial charge on any atom is 0.0568 e. The maximum atomic E-state index is 6.07. The van der Waals surface area contributed by atoms with Crippen molar-refractivity contribution in [2.45, 2.75) is 38.6 Å². The topological polar surface area (TPSA) is 12.0 Å². The standard InChI is InChI=1S/C13H17BrClN/c1-2-9-3-4-10(7-9)16-11-5-6-12(14)13(15)8-11/h5-6,8-10,16H,2-4,7H2,1H3. The Hall–Kier alpha value is -0.210. The van der Waals surface area contributed by atoms with Gasteiger partial charge in [0.05, 0.1) is 5.02 Å². The van der Waals surface area contributed by atoms with Crippen LogP contribution in [0.25, 0.3) is 0 Å². The molecular weight excluding hydrogens is 286 g/mol. The predicted molar refractivity (Wildman–Crippen MR) is 74.2 cm³/mol. The molecule has 2 unspecified atom stereocenters. The first-order valence-electron chi connectivity index (χ1n) is 5.90. The molecule has 16 heavy (non-hydrogen) atoms. The Morgan fingerprint density at radius 1 is 1.44 bits per heavy atom. The van der Waals surface area contributed by atoms with E-state index >= 15 is 0 Å². The summed E-state index contributed by atoms with van der Waals surface area (Å²) in [7, 11) is 0. The van der Waals surface area contributed by atoms with Crippen LogP contribution in [0.15, 0.2) is 22.7 Å². The van der Waals surface area contributed by atoms with Gasteiger partial charge in [-0.3, -0.25) is 0 Å². The largest absolute Gasteiger partial charge is 0.382 e. The van der Waals surface area contributed by atoms with Crippen LogP contribution in [0, 0.1) is 5.92 Å². The first-order chi connectivity index (χ1) is 7.69. The van der Waals surface area contributed by atoms with Gasteiger partial charge in [-0.1, -0.05) is 24.9 Å².